The summed E-state index contributed by atoms with van der Waals surface area (Å²) in [6.07, 6.45) is 7.24. The molecular formula is C15H30N2O. The summed E-state index contributed by atoms with van der Waals surface area (Å²) in [5.74, 6) is 0.910. The van der Waals surface area contributed by atoms with E-state index >= 15 is 0 Å². The first-order chi connectivity index (χ1) is 8.83. The number of nitrogens with zero attached hydrogens (tertiary/aromatic N) is 1. The second-order valence-electron chi connectivity index (χ2n) is 5.85. The second-order valence-corrected chi connectivity index (χ2v) is 5.85. The summed E-state index contributed by atoms with van der Waals surface area (Å²) in [6.45, 7) is 10.1. The van der Waals surface area contributed by atoms with Crippen molar-refractivity contribution in [1.82, 2.24) is 10.2 Å². The Morgan fingerprint density at radius 1 is 1.28 bits per heavy atom. The molecule has 0 spiro atoms. The van der Waals surface area contributed by atoms with E-state index in [9.17, 15) is 0 Å². The molecule has 3 atom stereocenters. The summed E-state index contributed by atoms with van der Waals surface area (Å²) >= 11 is 0. The van der Waals surface area contributed by atoms with E-state index in [1.165, 1.54) is 32.2 Å². The van der Waals surface area contributed by atoms with Crippen LogP contribution in [0, 0.1) is 5.92 Å². The topological polar surface area (TPSA) is 24.5 Å². The first kappa shape index (κ1) is 14.3. The average molecular weight is 254 g/mol. The van der Waals surface area contributed by atoms with E-state index in [1.54, 1.807) is 0 Å². The molecule has 2 rings (SSSR count). The Kier molecular flexibility index (Phi) is 5.93. The van der Waals surface area contributed by atoms with E-state index in [4.69, 9.17) is 4.74 Å². The highest BCUT2D eigenvalue weighted by Crippen LogP contribution is 2.28. The monoisotopic (exact) mass is 254 g/mol. The molecule has 0 aromatic carbocycles. The molecular weight excluding hydrogens is 224 g/mol. The number of morpholine rings is 1. The Hall–Kier alpha value is -0.120. The maximum atomic E-state index is 5.73. The lowest BCUT2D eigenvalue weighted by Crippen LogP contribution is -2.43. The lowest BCUT2D eigenvalue weighted by molar-refractivity contribution is -0.0311. The largest absolute Gasteiger partial charge is 0.376 e. The van der Waals surface area contributed by atoms with Gasteiger partial charge >= 0.3 is 0 Å². The Balaban J connectivity index is 1.70. The van der Waals surface area contributed by atoms with Crippen LogP contribution in [0.3, 0.4) is 0 Å². The molecule has 2 fully saturated rings. The molecule has 1 aliphatic carbocycles. The van der Waals surface area contributed by atoms with Crippen molar-refractivity contribution in [2.24, 2.45) is 5.92 Å². The van der Waals surface area contributed by atoms with Gasteiger partial charge in [0, 0.05) is 19.1 Å². The molecule has 0 bridgehead atoms. The van der Waals surface area contributed by atoms with Crippen molar-refractivity contribution in [2.45, 2.75) is 58.1 Å². The van der Waals surface area contributed by atoms with Gasteiger partial charge in [-0.15, -0.1) is 0 Å². The molecule has 1 N–H and O–H groups in total. The van der Waals surface area contributed by atoms with Crippen molar-refractivity contribution in [2.75, 3.05) is 32.8 Å². The summed E-state index contributed by atoms with van der Waals surface area (Å²) < 4.78 is 5.73. The molecule has 1 saturated heterocycles. The average Bonchev–Trinajstić information content (AvgIpc) is 2.85. The van der Waals surface area contributed by atoms with Gasteiger partial charge in [-0.1, -0.05) is 20.3 Å². The molecule has 106 valence electrons. The van der Waals surface area contributed by atoms with Gasteiger partial charge in [0.1, 0.15) is 0 Å². The molecule has 0 radical (unpaired) electrons. The molecule has 3 heteroatoms. The lowest BCUT2D eigenvalue weighted by Gasteiger charge is -2.33. The van der Waals surface area contributed by atoms with E-state index in [2.05, 4.69) is 24.1 Å². The number of nitrogens with one attached hydrogen (secondary N) is 1. The van der Waals surface area contributed by atoms with E-state index in [-0.39, 0.29) is 0 Å². The van der Waals surface area contributed by atoms with Gasteiger partial charge in [0.25, 0.3) is 0 Å². The number of hydrogen-bond acceptors (Lipinski definition) is 3. The predicted octanol–water partition coefficient (Wildman–Crippen LogP) is 2.27. The SMILES string of the molecule is CCNC1CCCC1CCN1CCOC(CC)C1. The molecule has 0 amide bonds. The molecule has 3 nitrogen and oxygen atoms in total. The fraction of sp³-hybridized carbons (Fsp3) is 1.00. The minimum absolute atomic E-state index is 0.479. The number of rotatable bonds is 6. The molecule has 1 saturated carbocycles. The maximum absolute atomic E-state index is 5.73. The van der Waals surface area contributed by atoms with Gasteiger partial charge in [-0.05, 0) is 44.7 Å². The van der Waals surface area contributed by atoms with Gasteiger partial charge in [0.15, 0.2) is 0 Å². The Morgan fingerprint density at radius 3 is 2.94 bits per heavy atom. The summed E-state index contributed by atoms with van der Waals surface area (Å²) in [7, 11) is 0. The maximum Gasteiger partial charge on any atom is 0.0700 e. The third kappa shape index (κ3) is 3.94. The van der Waals surface area contributed by atoms with Crippen LogP contribution in [0.1, 0.15) is 46.0 Å². The molecule has 18 heavy (non-hydrogen) atoms. The fourth-order valence-electron chi connectivity index (χ4n) is 3.49. The molecule has 1 aliphatic heterocycles. The Labute approximate surface area is 112 Å². The van der Waals surface area contributed by atoms with Crippen molar-refractivity contribution in [1.29, 1.82) is 0 Å². The molecule has 0 aromatic heterocycles. The predicted molar refractivity (Wildman–Crippen MR) is 75.9 cm³/mol. The van der Waals surface area contributed by atoms with Gasteiger partial charge in [0.2, 0.25) is 0 Å². The van der Waals surface area contributed by atoms with Crippen molar-refractivity contribution < 1.29 is 4.74 Å². The van der Waals surface area contributed by atoms with Crippen LogP contribution in [0.4, 0.5) is 0 Å². The highest BCUT2D eigenvalue weighted by atomic mass is 16.5. The third-order valence-corrected chi connectivity index (χ3v) is 4.62. The quantitative estimate of drug-likeness (QED) is 0.787. The minimum Gasteiger partial charge on any atom is -0.376 e. The fourth-order valence-corrected chi connectivity index (χ4v) is 3.49. The zero-order chi connectivity index (χ0) is 12.8. The molecule has 2 aliphatic rings. The zero-order valence-corrected chi connectivity index (χ0v) is 12.2. The van der Waals surface area contributed by atoms with Crippen LogP contribution in [0.2, 0.25) is 0 Å². The Bertz CT molecular complexity index is 235. The van der Waals surface area contributed by atoms with Crippen LogP contribution >= 0.6 is 0 Å². The van der Waals surface area contributed by atoms with Crippen molar-refractivity contribution in [3.8, 4) is 0 Å². The van der Waals surface area contributed by atoms with Crippen LogP contribution in [0.25, 0.3) is 0 Å². The number of hydrogen-bond donors (Lipinski definition) is 1. The molecule has 1 heterocycles. The Morgan fingerprint density at radius 2 is 2.17 bits per heavy atom. The normalized spacial score (nSPS) is 34.0. The van der Waals surface area contributed by atoms with Gasteiger partial charge in [0.05, 0.1) is 12.7 Å². The van der Waals surface area contributed by atoms with Gasteiger partial charge in [-0.25, -0.2) is 0 Å². The van der Waals surface area contributed by atoms with Crippen LogP contribution in [-0.4, -0.2) is 49.8 Å². The molecule has 0 aromatic rings. The smallest absolute Gasteiger partial charge is 0.0700 e. The summed E-state index contributed by atoms with van der Waals surface area (Å²) in [5.41, 5.74) is 0. The highest BCUT2D eigenvalue weighted by Gasteiger charge is 2.27. The first-order valence-electron chi connectivity index (χ1n) is 7.90. The lowest BCUT2D eigenvalue weighted by atomic mass is 9.99. The summed E-state index contributed by atoms with van der Waals surface area (Å²) in [5, 5.41) is 3.66. The van der Waals surface area contributed by atoms with Crippen LogP contribution in [0.15, 0.2) is 0 Å². The van der Waals surface area contributed by atoms with Crippen molar-refractivity contribution >= 4 is 0 Å². The minimum atomic E-state index is 0.479. The second kappa shape index (κ2) is 7.46. The van der Waals surface area contributed by atoms with E-state index < -0.39 is 0 Å². The van der Waals surface area contributed by atoms with Gasteiger partial charge in [-0.2, -0.15) is 0 Å². The zero-order valence-electron chi connectivity index (χ0n) is 12.2. The number of ether oxygens (including phenoxy) is 1. The van der Waals surface area contributed by atoms with Crippen LogP contribution in [0.5, 0.6) is 0 Å². The highest BCUT2D eigenvalue weighted by molar-refractivity contribution is 4.84. The van der Waals surface area contributed by atoms with Crippen molar-refractivity contribution in [3.05, 3.63) is 0 Å². The standard InChI is InChI=1S/C15H30N2O/c1-3-14-12-17(10-11-18-14)9-8-13-6-5-7-15(13)16-4-2/h13-16H,3-12H2,1-2H3. The van der Waals surface area contributed by atoms with Crippen LogP contribution in [-0.2, 0) is 4.74 Å². The third-order valence-electron chi connectivity index (χ3n) is 4.62. The summed E-state index contributed by atoms with van der Waals surface area (Å²) in [6, 6.07) is 0.790. The summed E-state index contributed by atoms with van der Waals surface area (Å²) in [4.78, 5) is 2.61. The van der Waals surface area contributed by atoms with Gasteiger partial charge < -0.3 is 10.1 Å². The van der Waals surface area contributed by atoms with Crippen LogP contribution < -0.4 is 5.32 Å². The van der Waals surface area contributed by atoms with Gasteiger partial charge in [-0.3, -0.25) is 4.90 Å². The van der Waals surface area contributed by atoms with E-state index in [1.807, 2.05) is 0 Å². The van der Waals surface area contributed by atoms with E-state index in [0.717, 1.165) is 44.6 Å². The van der Waals surface area contributed by atoms with Crippen molar-refractivity contribution in [3.63, 3.8) is 0 Å². The van der Waals surface area contributed by atoms with E-state index in [0.29, 0.717) is 6.10 Å². The molecule has 3 unspecified atom stereocenters. The first-order valence-corrected chi connectivity index (χ1v) is 7.90.